The number of hydrogen-bond donors (Lipinski definition) is 3. The van der Waals surface area contributed by atoms with E-state index in [4.69, 9.17) is 0 Å². The predicted molar refractivity (Wildman–Crippen MR) is 93.7 cm³/mol. The molecule has 0 radical (unpaired) electrons. The Bertz CT molecular complexity index is 586. The van der Waals surface area contributed by atoms with Gasteiger partial charge in [0, 0.05) is 5.56 Å². The van der Waals surface area contributed by atoms with Gasteiger partial charge in [-0.1, -0.05) is 44.4 Å². The van der Waals surface area contributed by atoms with Gasteiger partial charge in [0.2, 0.25) is 5.91 Å². The van der Waals surface area contributed by atoms with Crippen LogP contribution < -0.4 is 10.6 Å². The third-order valence-electron chi connectivity index (χ3n) is 4.57. The van der Waals surface area contributed by atoms with Crippen molar-refractivity contribution >= 4 is 11.8 Å². The van der Waals surface area contributed by atoms with Crippen LogP contribution in [0.3, 0.4) is 0 Å². The summed E-state index contributed by atoms with van der Waals surface area (Å²) in [4.78, 5) is 25.0. The average molecular weight is 332 g/mol. The smallest absolute Gasteiger partial charge is 0.251 e. The molecule has 0 bridgehead atoms. The van der Waals surface area contributed by atoms with Gasteiger partial charge in [-0.25, -0.2) is 0 Å². The van der Waals surface area contributed by atoms with Crippen LogP contribution in [-0.4, -0.2) is 35.1 Å². The summed E-state index contributed by atoms with van der Waals surface area (Å²) in [6, 6.07) is 6.45. The maximum atomic E-state index is 12.6. The molecule has 0 aromatic heterocycles. The Kier molecular flexibility index (Phi) is 6.37. The second-order valence-corrected chi connectivity index (χ2v) is 7.03. The van der Waals surface area contributed by atoms with Gasteiger partial charge in [-0.2, -0.15) is 0 Å². The fraction of sp³-hybridized carbons (Fsp3) is 0.579. The molecule has 3 N–H and O–H groups in total. The zero-order valence-electron chi connectivity index (χ0n) is 14.7. The maximum absolute atomic E-state index is 12.6. The molecule has 132 valence electrons. The number of amides is 2. The monoisotopic (exact) mass is 332 g/mol. The summed E-state index contributed by atoms with van der Waals surface area (Å²) in [5.74, 6) is -0.520. The van der Waals surface area contributed by atoms with Gasteiger partial charge in [-0.05, 0) is 37.8 Å². The maximum Gasteiger partial charge on any atom is 0.251 e. The molecule has 0 saturated heterocycles. The number of hydrogen-bond acceptors (Lipinski definition) is 3. The molecule has 1 fully saturated rings. The van der Waals surface area contributed by atoms with Crippen LogP contribution in [-0.2, 0) is 4.79 Å². The normalized spacial score (nSPS) is 22.0. The van der Waals surface area contributed by atoms with Crippen molar-refractivity contribution in [1.82, 2.24) is 10.6 Å². The van der Waals surface area contributed by atoms with E-state index in [0.29, 0.717) is 12.0 Å². The highest BCUT2D eigenvalue weighted by Crippen LogP contribution is 2.19. The van der Waals surface area contributed by atoms with Crippen molar-refractivity contribution in [2.75, 3.05) is 0 Å². The van der Waals surface area contributed by atoms with E-state index in [1.54, 1.807) is 12.1 Å². The lowest BCUT2D eigenvalue weighted by Crippen LogP contribution is -2.55. The summed E-state index contributed by atoms with van der Waals surface area (Å²) in [5, 5.41) is 15.8. The SMILES string of the molecule is Cc1cccc(C(=O)NC(C(=O)NC2CCCCC2O)C(C)C)c1. The summed E-state index contributed by atoms with van der Waals surface area (Å²) in [6.07, 6.45) is 2.99. The van der Waals surface area contributed by atoms with Crippen LogP contribution >= 0.6 is 0 Å². The predicted octanol–water partition coefficient (Wildman–Crippen LogP) is 2.17. The van der Waals surface area contributed by atoms with Crippen LogP contribution in [0.5, 0.6) is 0 Å². The first kappa shape index (κ1) is 18.5. The van der Waals surface area contributed by atoms with E-state index < -0.39 is 12.1 Å². The van der Waals surface area contributed by atoms with Crippen LogP contribution in [0.2, 0.25) is 0 Å². The fourth-order valence-corrected chi connectivity index (χ4v) is 3.10. The molecular formula is C19H28N2O3. The summed E-state index contributed by atoms with van der Waals surface area (Å²) >= 11 is 0. The summed E-state index contributed by atoms with van der Waals surface area (Å²) in [6.45, 7) is 5.73. The Balaban J connectivity index is 2.02. The molecule has 1 aromatic carbocycles. The standard InChI is InChI=1S/C19H28N2O3/c1-12(2)17(19(24)20-15-9-4-5-10-16(15)22)21-18(23)14-8-6-7-13(3)11-14/h6-8,11-12,15-17,22H,4-5,9-10H2,1-3H3,(H,20,24)(H,21,23). The number of rotatable bonds is 5. The lowest BCUT2D eigenvalue weighted by molar-refractivity contribution is -0.125. The number of carbonyl (C=O) groups excluding carboxylic acids is 2. The molecule has 0 spiro atoms. The first-order chi connectivity index (χ1) is 11.4. The quantitative estimate of drug-likeness (QED) is 0.773. The zero-order chi connectivity index (χ0) is 17.7. The minimum Gasteiger partial charge on any atom is -0.391 e. The zero-order valence-corrected chi connectivity index (χ0v) is 14.7. The molecule has 1 aliphatic carbocycles. The van der Waals surface area contributed by atoms with Gasteiger partial charge in [-0.3, -0.25) is 9.59 Å². The lowest BCUT2D eigenvalue weighted by Gasteiger charge is -2.31. The second kappa shape index (κ2) is 8.29. The van der Waals surface area contributed by atoms with Crippen LogP contribution in [0, 0.1) is 12.8 Å². The van der Waals surface area contributed by atoms with Gasteiger partial charge >= 0.3 is 0 Å². The third kappa shape index (κ3) is 4.81. The van der Waals surface area contributed by atoms with Crippen molar-refractivity contribution in [2.24, 2.45) is 5.92 Å². The molecule has 2 amide bonds. The molecular weight excluding hydrogens is 304 g/mol. The van der Waals surface area contributed by atoms with Crippen LogP contribution in [0.25, 0.3) is 0 Å². The van der Waals surface area contributed by atoms with Crippen LogP contribution in [0.4, 0.5) is 0 Å². The molecule has 2 rings (SSSR count). The molecule has 1 aliphatic rings. The molecule has 3 unspecified atom stereocenters. The van der Waals surface area contributed by atoms with Gasteiger partial charge in [-0.15, -0.1) is 0 Å². The van der Waals surface area contributed by atoms with E-state index in [-0.39, 0.29) is 23.8 Å². The van der Waals surface area contributed by atoms with Gasteiger partial charge in [0.1, 0.15) is 6.04 Å². The van der Waals surface area contributed by atoms with Gasteiger partial charge in [0.25, 0.3) is 5.91 Å². The number of aryl methyl sites for hydroxylation is 1. The first-order valence-corrected chi connectivity index (χ1v) is 8.74. The Morgan fingerprint density at radius 1 is 1.21 bits per heavy atom. The third-order valence-corrected chi connectivity index (χ3v) is 4.57. The van der Waals surface area contributed by atoms with Crippen molar-refractivity contribution in [1.29, 1.82) is 0 Å². The summed E-state index contributed by atoms with van der Waals surface area (Å²) < 4.78 is 0. The summed E-state index contributed by atoms with van der Waals surface area (Å²) in [7, 11) is 0. The number of aliphatic hydroxyl groups is 1. The lowest BCUT2D eigenvalue weighted by atomic mass is 9.92. The van der Waals surface area contributed by atoms with Gasteiger partial charge < -0.3 is 15.7 Å². The topological polar surface area (TPSA) is 78.4 Å². The van der Waals surface area contributed by atoms with Crippen molar-refractivity contribution < 1.29 is 14.7 Å². The van der Waals surface area contributed by atoms with E-state index in [1.165, 1.54) is 0 Å². The Hall–Kier alpha value is -1.88. The molecule has 5 heteroatoms. The highest BCUT2D eigenvalue weighted by molar-refractivity contribution is 5.97. The van der Waals surface area contributed by atoms with Gasteiger partial charge in [0.15, 0.2) is 0 Å². The van der Waals surface area contributed by atoms with E-state index >= 15 is 0 Å². The van der Waals surface area contributed by atoms with E-state index in [2.05, 4.69) is 10.6 Å². The second-order valence-electron chi connectivity index (χ2n) is 7.03. The Labute approximate surface area is 143 Å². The number of nitrogens with one attached hydrogen (secondary N) is 2. The highest BCUT2D eigenvalue weighted by atomic mass is 16.3. The van der Waals surface area contributed by atoms with E-state index in [1.807, 2.05) is 32.9 Å². The van der Waals surface area contributed by atoms with Crippen molar-refractivity contribution in [3.05, 3.63) is 35.4 Å². The molecule has 1 aromatic rings. The molecule has 3 atom stereocenters. The van der Waals surface area contributed by atoms with Gasteiger partial charge in [0.05, 0.1) is 12.1 Å². The molecule has 0 heterocycles. The molecule has 0 aliphatic heterocycles. The Morgan fingerprint density at radius 3 is 2.54 bits per heavy atom. The summed E-state index contributed by atoms with van der Waals surface area (Å²) in [5.41, 5.74) is 1.55. The van der Waals surface area contributed by atoms with Crippen LogP contribution in [0.15, 0.2) is 24.3 Å². The highest BCUT2D eigenvalue weighted by Gasteiger charge is 2.30. The molecule has 1 saturated carbocycles. The number of carbonyl (C=O) groups is 2. The minimum absolute atomic E-state index is 0.0421. The van der Waals surface area contributed by atoms with Crippen molar-refractivity contribution in [2.45, 2.75) is 64.6 Å². The largest absolute Gasteiger partial charge is 0.391 e. The van der Waals surface area contributed by atoms with E-state index in [9.17, 15) is 14.7 Å². The minimum atomic E-state index is -0.618. The van der Waals surface area contributed by atoms with Crippen molar-refractivity contribution in [3.63, 3.8) is 0 Å². The molecule has 5 nitrogen and oxygen atoms in total. The number of benzene rings is 1. The number of aliphatic hydroxyl groups excluding tert-OH is 1. The fourth-order valence-electron chi connectivity index (χ4n) is 3.10. The average Bonchev–Trinajstić information content (AvgIpc) is 2.54. The Morgan fingerprint density at radius 2 is 1.92 bits per heavy atom. The first-order valence-electron chi connectivity index (χ1n) is 8.74. The van der Waals surface area contributed by atoms with Crippen molar-refractivity contribution in [3.8, 4) is 0 Å². The molecule has 24 heavy (non-hydrogen) atoms. The van der Waals surface area contributed by atoms with E-state index in [0.717, 1.165) is 24.8 Å². The van der Waals surface area contributed by atoms with Crippen LogP contribution in [0.1, 0.15) is 55.5 Å².